The molecule has 1 amide bonds. The molecule has 0 aliphatic rings. The molecule has 1 atom stereocenters. The highest BCUT2D eigenvalue weighted by Gasteiger charge is 2.20. The maximum Gasteiger partial charge on any atom is 0.267 e. The average molecular weight is 418 g/mol. The molecular formula is C20H20FN3O2S2. The quantitative estimate of drug-likeness (QED) is 0.409. The minimum absolute atomic E-state index is 0.307. The summed E-state index contributed by atoms with van der Waals surface area (Å²) in [4.78, 5) is 12.5. The van der Waals surface area contributed by atoms with Gasteiger partial charge in [-0.15, -0.1) is 10.2 Å². The van der Waals surface area contributed by atoms with Crippen molar-refractivity contribution in [2.75, 3.05) is 5.32 Å². The third kappa shape index (κ3) is 5.53. The molecule has 1 aromatic heterocycles. The monoisotopic (exact) mass is 417 g/mol. The van der Waals surface area contributed by atoms with Gasteiger partial charge in [0, 0.05) is 5.75 Å². The molecule has 0 radical (unpaired) electrons. The Hall–Kier alpha value is -2.45. The summed E-state index contributed by atoms with van der Waals surface area (Å²) in [7, 11) is 0. The zero-order chi connectivity index (χ0) is 19.9. The van der Waals surface area contributed by atoms with Crippen LogP contribution >= 0.6 is 23.1 Å². The van der Waals surface area contributed by atoms with Crippen molar-refractivity contribution in [3.63, 3.8) is 0 Å². The molecule has 146 valence electrons. The number of amides is 1. The van der Waals surface area contributed by atoms with Gasteiger partial charge >= 0.3 is 0 Å². The molecule has 3 rings (SSSR count). The van der Waals surface area contributed by atoms with E-state index in [4.69, 9.17) is 4.74 Å². The van der Waals surface area contributed by atoms with Gasteiger partial charge in [-0.1, -0.05) is 54.3 Å². The summed E-state index contributed by atoms with van der Waals surface area (Å²) < 4.78 is 19.4. The van der Waals surface area contributed by atoms with E-state index in [9.17, 15) is 9.18 Å². The van der Waals surface area contributed by atoms with Gasteiger partial charge in [-0.05, 0) is 48.7 Å². The van der Waals surface area contributed by atoms with Crippen molar-refractivity contribution in [2.24, 2.45) is 0 Å². The second kappa shape index (κ2) is 9.66. The van der Waals surface area contributed by atoms with Crippen LogP contribution in [0, 0.1) is 12.7 Å². The number of benzene rings is 2. The Morgan fingerprint density at radius 3 is 2.68 bits per heavy atom. The molecule has 5 nitrogen and oxygen atoms in total. The first kappa shape index (κ1) is 20.3. The van der Waals surface area contributed by atoms with Crippen LogP contribution in [0.5, 0.6) is 5.75 Å². The largest absolute Gasteiger partial charge is 0.481 e. The zero-order valence-corrected chi connectivity index (χ0v) is 17.1. The Labute approximate surface area is 171 Å². The number of nitrogens with one attached hydrogen (secondary N) is 1. The third-order valence-electron chi connectivity index (χ3n) is 4.00. The molecule has 3 aromatic rings. The van der Waals surface area contributed by atoms with Gasteiger partial charge < -0.3 is 4.74 Å². The van der Waals surface area contributed by atoms with E-state index in [-0.39, 0.29) is 11.7 Å². The molecular weight excluding hydrogens is 397 g/mol. The highest BCUT2D eigenvalue weighted by atomic mass is 32.2. The van der Waals surface area contributed by atoms with Crippen LogP contribution in [0.15, 0.2) is 52.9 Å². The minimum Gasteiger partial charge on any atom is -0.481 e. The summed E-state index contributed by atoms with van der Waals surface area (Å²) in [6.07, 6.45) is -0.228. The molecule has 0 aliphatic heterocycles. The van der Waals surface area contributed by atoms with Crippen molar-refractivity contribution in [3.05, 3.63) is 65.5 Å². The molecule has 28 heavy (non-hydrogen) atoms. The molecule has 0 aliphatic carbocycles. The van der Waals surface area contributed by atoms with E-state index >= 15 is 0 Å². The maximum absolute atomic E-state index is 13.0. The molecule has 0 saturated carbocycles. The number of hydrogen-bond donors (Lipinski definition) is 1. The number of hydrogen-bond acceptors (Lipinski definition) is 6. The molecule has 0 fully saturated rings. The second-order valence-corrected chi connectivity index (χ2v) is 8.25. The van der Waals surface area contributed by atoms with Crippen molar-refractivity contribution in [3.8, 4) is 5.75 Å². The molecule has 1 N–H and O–H groups in total. The SMILES string of the molecule is CCC(Oc1ccc(F)cc1)C(=O)Nc1nnc(SCc2ccccc2C)s1. The van der Waals surface area contributed by atoms with E-state index in [1.54, 1.807) is 11.8 Å². The number of thioether (sulfide) groups is 1. The number of nitrogens with zero attached hydrogens (tertiary/aromatic N) is 2. The topological polar surface area (TPSA) is 64.1 Å². The zero-order valence-electron chi connectivity index (χ0n) is 15.5. The van der Waals surface area contributed by atoms with E-state index in [2.05, 4.69) is 34.6 Å². The molecule has 2 aromatic carbocycles. The van der Waals surface area contributed by atoms with E-state index in [0.717, 1.165) is 10.1 Å². The van der Waals surface area contributed by atoms with E-state index in [0.29, 0.717) is 17.3 Å². The summed E-state index contributed by atoms with van der Waals surface area (Å²) in [5.74, 6) is 0.573. The lowest BCUT2D eigenvalue weighted by Crippen LogP contribution is -2.32. The third-order valence-corrected chi connectivity index (χ3v) is 6.03. The average Bonchev–Trinajstić information content (AvgIpc) is 3.14. The van der Waals surface area contributed by atoms with Crippen LogP contribution < -0.4 is 10.1 Å². The van der Waals surface area contributed by atoms with Crippen LogP contribution in [-0.4, -0.2) is 22.2 Å². The Balaban J connectivity index is 1.56. The smallest absolute Gasteiger partial charge is 0.267 e. The summed E-state index contributed by atoms with van der Waals surface area (Å²) in [6.45, 7) is 3.92. The number of aryl methyl sites for hydroxylation is 1. The number of halogens is 1. The van der Waals surface area contributed by atoms with Crippen molar-refractivity contribution in [2.45, 2.75) is 36.5 Å². The Kier molecular flexibility index (Phi) is 7.00. The van der Waals surface area contributed by atoms with Crippen molar-refractivity contribution < 1.29 is 13.9 Å². The van der Waals surface area contributed by atoms with Gasteiger partial charge in [0.25, 0.3) is 5.91 Å². The maximum atomic E-state index is 13.0. The van der Waals surface area contributed by atoms with Crippen LogP contribution in [0.3, 0.4) is 0 Å². The first-order chi connectivity index (χ1) is 13.5. The lowest BCUT2D eigenvalue weighted by molar-refractivity contribution is -0.122. The minimum atomic E-state index is -0.697. The Morgan fingerprint density at radius 2 is 1.96 bits per heavy atom. The summed E-state index contributed by atoms with van der Waals surface area (Å²) in [5, 5.41) is 11.3. The Morgan fingerprint density at radius 1 is 1.21 bits per heavy atom. The fraction of sp³-hybridized carbons (Fsp3) is 0.250. The molecule has 0 spiro atoms. The molecule has 1 unspecified atom stereocenters. The number of carbonyl (C=O) groups excluding carboxylic acids is 1. The van der Waals surface area contributed by atoms with E-state index in [1.807, 2.05) is 19.1 Å². The summed E-state index contributed by atoms with van der Waals surface area (Å²) in [5.41, 5.74) is 2.48. The van der Waals surface area contributed by atoms with Crippen LogP contribution in [-0.2, 0) is 10.5 Å². The number of anilines is 1. The fourth-order valence-electron chi connectivity index (χ4n) is 2.42. The van der Waals surface area contributed by atoms with Crippen LogP contribution in [0.25, 0.3) is 0 Å². The van der Waals surface area contributed by atoms with Gasteiger partial charge in [0.05, 0.1) is 0 Å². The summed E-state index contributed by atoms with van der Waals surface area (Å²) in [6, 6.07) is 13.8. The van der Waals surface area contributed by atoms with Crippen molar-refractivity contribution in [1.29, 1.82) is 0 Å². The normalized spacial score (nSPS) is 11.8. The number of rotatable bonds is 8. The highest BCUT2D eigenvalue weighted by molar-refractivity contribution is 8.00. The van der Waals surface area contributed by atoms with Gasteiger partial charge in [0.2, 0.25) is 5.13 Å². The predicted molar refractivity (Wildman–Crippen MR) is 110 cm³/mol. The van der Waals surface area contributed by atoms with Gasteiger partial charge in [-0.2, -0.15) is 0 Å². The number of aromatic nitrogens is 2. The standard InChI is InChI=1S/C20H20FN3O2S2/c1-3-17(26-16-10-8-15(21)9-11-16)18(25)22-19-23-24-20(28-19)27-12-14-7-5-4-6-13(14)2/h4-11,17H,3,12H2,1-2H3,(H,22,23,25). The second-order valence-electron chi connectivity index (χ2n) is 6.05. The predicted octanol–water partition coefficient (Wildman–Crippen LogP) is 5.07. The Bertz CT molecular complexity index is 931. The van der Waals surface area contributed by atoms with E-state index < -0.39 is 6.10 Å². The van der Waals surface area contributed by atoms with E-state index in [1.165, 1.54) is 46.7 Å². The van der Waals surface area contributed by atoms with Crippen molar-refractivity contribution in [1.82, 2.24) is 10.2 Å². The first-order valence-electron chi connectivity index (χ1n) is 8.79. The molecule has 0 bridgehead atoms. The first-order valence-corrected chi connectivity index (χ1v) is 10.6. The van der Waals surface area contributed by atoms with Crippen molar-refractivity contribution >= 4 is 34.1 Å². The number of carbonyl (C=O) groups is 1. The molecule has 8 heteroatoms. The van der Waals surface area contributed by atoms with Crippen LogP contribution in [0.2, 0.25) is 0 Å². The highest BCUT2D eigenvalue weighted by Crippen LogP contribution is 2.29. The van der Waals surface area contributed by atoms with Gasteiger partial charge in [0.1, 0.15) is 11.6 Å². The summed E-state index contributed by atoms with van der Waals surface area (Å²) >= 11 is 2.91. The van der Waals surface area contributed by atoms with Crippen LogP contribution in [0.4, 0.5) is 9.52 Å². The molecule has 0 saturated heterocycles. The lowest BCUT2D eigenvalue weighted by Gasteiger charge is -2.16. The molecule has 1 heterocycles. The van der Waals surface area contributed by atoms with Crippen LogP contribution in [0.1, 0.15) is 24.5 Å². The lowest BCUT2D eigenvalue weighted by atomic mass is 10.1. The van der Waals surface area contributed by atoms with Gasteiger partial charge in [-0.25, -0.2) is 4.39 Å². The number of ether oxygens (including phenoxy) is 1. The van der Waals surface area contributed by atoms with Gasteiger partial charge in [-0.3, -0.25) is 10.1 Å². The fourth-order valence-corrected chi connectivity index (χ4v) is 4.25. The van der Waals surface area contributed by atoms with Gasteiger partial charge in [0.15, 0.2) is 10.4 Å².